The van der Waals surface area contributed by atoms with Crippen molar-refractivity contribution in [2.24, 2.45) is 0 Å². The van der Waals surface area contributed by atoms with Gasteiger partial charge in [-0.15, -0.1) is 0 Å². The summed E-state index contributed by atoms with van der Waals surface area (Å²) in [6.45, 7) is 2.00. The number of rotatable bonds is 4. The predicted octanol–water partition coefficient (Wildman–Crippen LogP) is 0.783. The van der Waals surface area contributed by atoms with E-state index in [1.54, 1.807) is 19.1 Å². The van der Waals surface area contributed by atoms with Crippen molar-refractivity contribution in [1.29, 1.82) is 0 Å². The molecular formula is C13H12N4O4. The van der Waals surface area contributed by atoms with Gasteiger partial charge in [-0.05, 0) is 19.1 Å². The number of ether oxygens (including phenoxy) is 1. The smallest absolute Gasteiger partial charge is 0.311 e. The van der Waals surface area contributed by atoms with E-state index in [1.165, 1.54) is 16.8 Å². The highest BCUT2D eigenvalue weighted by Crippen LogP contribution is 2.15. The summed E-state index contributed by atoms with van der Waals surface area (Å²) < 4.78 is 11.2. The molecule has 0 aromatic carbocycles. The molecule has 0 amide bonds. The van der Waals surface area contributed by atoms with Crippen LogP contribution in [0.15, 0.2) is 33.7 Å². The number of hydrogen-bond acceptors (Lipinski definition) is 6. The van der Waals surface area contributed by atoms with Crippen molar-refractivity contribution < 1.29 is 13.9 Å². The van der Waals surface area contributed by atoms with Crippen molar-refractivity contribution in [3.63, 3.8) is 0 Å². The zero-order chi connectivity index (χ0) is 14.8. The fourth-order valence-electron chi connectivity index (χ4n) is 1.90. The second-order valence-electron chi connectivity index (χ2n) is 4.25. The maximum atomic E-state index is 12.0. The van der Waals surface area contributed by atoms with Gasteiger partial charge >= 0.3 is 5.97 Å². The Labute approximate surface area is 118 Å². The van der Waals surface area contributed by atoms with E-state index in [0.29, 0.717) is 17.3 Å². The second-order valence-corrected chi connectivity index (χ2v) is 4.25. The van der Waals surface area contributed by atoms with E-state index in [9.17, 15) is 9.59 Å². The molecule has 3 aromatic heterocycles. The van der Waals surface area contributed by atoms with Gasteiger partial charge in [0, 0.05) is 6.07 Å². The molecule has 1 N–H and O–H groups in total. The molecule has 0 atom stereocenters. The fourth-order valence-corrected chi connectivity index (χ4v) is 1.90. The van der Waals surface area contributed by atoms with Crippen LogP contribution < -0.4 is 5.56 Å². The molecule has 0 radical (unpaired) electrons. The summed E-state index contributed by atoms with van der Waals surface area (Å²) in [7, 11) is 0. The quantitative estimate of drug-likeness (QED) is 0.712. The van der Waals surface area contributed by atoms with E-state index in [4.69, 9.17) is 9.15 Å². The topological polar surface area (TPSA) is 102 Å². The molecular weight excluding hydrogens is 276 g/mol. The van der Waals surface area contributed by atoms with Crippen LogP contribution in [0.3, 0.4) is 0 Å². The highest BCUT2D eigenvalue weighted by molar-refractivity contribution is 5.72. The predicted molar refractivity (Wildman–Crippen MR) is 71.6 cm³/mol. The first-order chi connectivity index (χ1) is 10.2. The number of nitrogens with zero attached hydrogens (tertiary/aromatic N) is 3. The van der Waals surface area contributed by atoms with E-state index in [-0.39, 0.29) is 24.4 Å². The van der Waals surface area contributed by atoms with Gasteiger partial charge in [0.05, 0.1) is 25.0 Å². The Kier molecular flexibility index (Phi) is 3.27. The molecule has 3 heterocycles. The SMILES string of the molecule is CCOC(=O)Cc1cc(=O)n2[nH]c(-c3ccco3)nc2n1. The molecule has 0 unspecified atom stereocenters. The Balaban J connectivity index is 2.00. The lowest BCUT2D eigenvalue weighted by Gasteiger charge is -2.00. The summed E-state index contributed by atoms with van der Waals surface area (Å²) in [6.07, 6.45) is 1.44. The molecule has 0 saturated carbocycles. The van der Waals surface area contributed by atoms with E-state index in [2.05, 4.69) is 15.1 Å². The second kappa shape index (κ2) is 5.23. The summed E-state index contributed by atoms with van der Waals surface area (Å²) in [5.41, 5.74) is -0.0412. The summed E-state index contributed by atoms with van der Waals surface area (Å²) in [6, 6.07) is 4.70. The third-order valence-electron chi connectivity index (χ3n) is 2.77. The number of nitrogens with one attached hydrogen (secondary N) is 1. The number of fused-ring (bicyclic) bond motifs is 1. The van der Waals surface area contributed by atoms with E-state index >= 15 is 0 Å². The van der Waals surface area contributed by atoms with Crippen LogP contribution in [0.25, 0.3) is 17.4 Å². The lowest BCUT2D eigenvalue weighted by molar-refractivity contribution is -0.142. The van der Waals surface area contributed by atoms with Gasteiger partial charge in [0.2, 0.25) is 0 Å². The third-order valence-corrected chi connectivity index (χ3v) is 2.77. The normalized spacial score (nSPS) is 10.9. The molecule has 8 nitrogen and oxygen atoms in total. The molecule has 0 aliphatic heterocycles. The molecule has 0 bridgehead atoms. The van der Waals surface area contributed by atoms with Crippen molar-refractivity contribution in [3.05, 3.63) is 40.5 Å². The van der Waals surface area contributed by atoms with Crippen LogP contribution in [0.4, 0.5) is 0 Å². The molecule has 3 aromatic rings. The van der Waals surface area contributed by atoms with Crippen molar-refractivity contribution in [3.8, 4) is 11.6 Å². The summed E-state index contributed by atoms with van der Waals surface area (Å²) >= 11 is 0. The van der Waals surface area contributed by atoms with Crippen LogP contribution in [-0.2, 0) is 16.0 Å². The van der Waals surface area contributed by atoms with Crippen molar-refractivity contribution in [1.82, 2.24) is 19.6 Å². The minimum Gasteiger partial charge on any atom is -0.466 e. The van der Waals surface area contributed by atoms with E-state index in [0.717, 1.165) is 0 Å². The average Bonchev–Trinajstić information content (AvgIpc) is 3.07. The van der Waals surface area contributed by atoms with Gasteiger partial charge in [-0.2, -0.15) is 9.50 Å². The highest BCUT2D eigenvalue weighted by atomic mass is 16.5. The van der Waals surface area contributed by atoms with Gasteiger partial charge in [0.25, 0.3) is 11.3 Å². The molecule has 0 spiro atoms. The first kappa shape index (κ1) is 13.1. The first-order valence-electron chi connectivity index (χ1n) is 6.35. The summed E-state index contributed by atoms with van der Waals surface area (Å²) in [5, 5.41) is 2.79. The zero-order valence-corrected chi connectivity index (χ0v) is 11.2. The molecule has 0 aliphatic carbocycles. The molecule has 0 fully saturated rings. The monoisotopic (exact) mass is 288 g/mol. The number of aromatic amines is 1. The minimum absolute atomic E-state index is 0.0669. The number of carbonyl (C=O) groups excluding carboxylic acids is 1. The molecule has 3 rings (SSSR count). The molecule has 21 heavy (non-hydrogen) atoms. The zero-order valence-electron chi connectivity index (χ0n) is 11.2. The van der Waals surface area contributed by atoms with Crippen molar-refractivity contribution in [2.75, 3.05) is 6.61 Å². The Morgan fingerprint density at radius 2 is 2.33 bits per heavy atom. The lowest BCUT2D eigenvalue weighted by Crippen LogP contribution is -2.18. The van der Waals surface area contributed by atoms with Gasteiger partial charge in [0.15, 0.2) is 11.6 Å². The van der Waals surface area contributed by atoms with Gasteiger partial charge in [0.1, 0.15) is 0 Å². The standard InChI is InChI=1S/C13H12N4O4/c1-2-20-11(19)7-8-6-10(18)17-13(14-8)15-12(16-17)9-4-3-5-21-9/h3-6H,2,7H2,1H3,(H,14,15,16). The number of carbonyl (C=O) groups is 1. The van der Waals surface area contributed by atoms with E-state index in [1.807, 2.05) is 0 Å². The Morgan fingerprint density at radius 1 is 1.48 bits per heavy atom. The maximum Gasteiger partial charge on any atom is 0.311 e. The number of H-pyrrole nitrogens is 1. The van der Waals surface area contributed by atoms with Crippen LogP contribution >= 0.6 is 0 Å². The van der Waals surface area contributed by atoms with Gasteiger partial charge in [-0.1, -0.05) is 0 Å². The van der Waals surface area contributed by atoms with Crippen LogP contribution in [0.5, 0.6) is 0 Å². The molecule has 0 aliphatic rings. The largest absolute Gasteiger partial charge is 0.466 e. The summed E-state index contributed by atoms with van der Waals surface area (Å²) in [5.74, 6) is 0.619. The van der Waals surface area contributed by atoms with Gasteiger partial charge < -0.3 is 9.15 Å². The fraction of sp³-hybridized carbons (Fsp3) is 0.231. The summed E-state index contributed by atoms with van der Waals surface area (Å²) in [4.78, 5) is 31.8. The molecule has 0 saturated heterocycles. The van der Waals surface area contributed by atoms with E-state index < -0.39 is 5.97 Å². The Bertz CT molecular complexity index is 832. The third kappa shape index (κ3) is 2.55. The van der Waals surface area contributed by atoms with Crippen LogP contribution in [-0.4, -0.2) is 32.2 Å². The lowest BCUT2D eigenvalue weighted by atomic mass is 10.3. The number of furan rings is 1. The average molecular weight is 288 g/mol. The maximum absolute atomic E-state index is 12.0. The van der Waals surface area contributed by atoms with Crippen LogP contribution in [0, 0.1) is 0 Å². The Hall–Kier alpha value is -2.90. The number of esters is 1. The number of aromatic nitrogens is 4. The first-order valence-corrected chi connectivity index (χ1v) is 6.35. The minimum atomic E-state index is -0.435. The van der Waals surface area contributed by atoms with Crippen LogP contribution in [0.1, 0.15) is 12.6 Å². The molecule has 8 heteroatoms. The molecule has 108 valence electrons. The van der Waals surface area contributed by atoms with Crippen molar-refractivity contribution >= 4 is 11.7 Å². The van der Waals surface area contributed by atoms with Crippen LogP contribution in [0.2, 0.25) is 0 Å². The van der Waals surface area contributed by atoms with Gasteiger partial charge in [-0.25, -0.2) is 4.98 Å². The highest BCUT2D eigenvalue weighted by Gasteiger charge is 2.13. The van der Waals surface area contributed by atoms with Gasteiger partial charge in [-0.3, -0.25) is 14.7 Å². The number of hydrogen-bond donors (Lipinski definition) is 1. The Morgan fingerprint density at radius 3 is 3.05 bits per heavy atom. The van der Waals surface area contributed by atoms with Crippen molar-refractivity contribution in [2.45, 2.75) is 13.3 Å².